The van der Waals surface area contributed by atoms with Crippen LogP contribution in [0.2, 0.25) is 10.0 Å². The molecule has 144 valence electrons. The first-order valence-electron chi connectivity index (χ1n) is 8.95. The molecule has 1 saturated heterocycles. The zero-order chi connectivity index (χ0) is 18.7. The maximum atomic E-state index is 12.9. The van der Waals surface area contributed by atoms with E-state index in [-0.39, 0.29) is 36.1 Å². The van der Waals surface area contributed by atoms with Crippen LogP contribution in [0.3, 0.4) is 0 Å². The van der Waals surface area contributed by atoms with E-state index >= 15 is 0 Å². The Morgan fingerprint density at radius 1 is 1.12 bits per heavy atom. The molecule has 5 nitrogen and oxygen atoms in total. The van der Waals surface area contributed by atoms with Crippen molar-refractivity contribution in [2.24, 2.45) is 0 Å². The van der Waals surface area contributed by atoms with Gasteiger partial charge in [0.25, 0.3) is 5.91 Å². The molecule has 0 N–H and O–H groups in total. The average molecular weight is 420 g/mol. The zero-order valence-electron chi connectivity index (χ0n) is 14.5. The number of hydrogen-bond donors (Lipinski definition) is 0. The Kier molecular flexibility index (Phi) is 6.36. The third-order valence-corrected chi connectivity index (χ3v) is 7.40. The molecule has 8 heteroatoms. The van der Waals surface area contributed by atoms with Crippen molar-refractivity contribution in [3.05, 3.63) is 28.2 Å². The molecule has 1 saturated carbocycles. The van der Waals surface area contributed by atoms with E-state index in [1.165, 1.54) is 0 Å². The number of carbonyl (C=O) groups excluding carboxylic acids is 1. The van der Waals surface area contributed by atoms with Crippen LogP contribution in [0, 0.1) is 0 Å². The van der Waals surface area contributed by atoms with Gasteiger partial charge in [-0.25, -0.2) is 8.42 Å². The Labute approximate surface area is 164 Å². The summed E-state index contributed by atoms with van der Waals surface area (Å²) in [6, 6.07) is 4.67. The quantitative estimate of drug-likeness (QED) is 0.729. The molecule has 2 fully saturated rings. The van der Waals surface area contributed by atoms with Crippen LogP contribution < -0.4 is 4.74 Å². The Bertz CT molecular complexity index is 762. The lowest BCUT2D eigenvalue weighted by Crippen LogP contribution is -2.50. The minimum absolute atomic E-state index is 0.0488. The number of benzene rings is 1. The smallest absolute Gasteiger partial charge is 0.261 e. The molecule has 1 aromatic carbocycles. The van der Waals surface area contributed by atoms with Crippen molar-refractivity contribution < 1.29 is 17.9 Å². The Balaban J connectivity index is 1.73. The highest BCUT2D eigenvalue weighted by Crippen LogP contribution is 2.30. The van der Waals surface area contributed by atoms with Crippen molar-refractivity contribution in [3.8, 4) is 5.75 Å². The normalized spacial score (nSPS) is 22.9. The van der Waals surface area contributed by atoms with Crippen molar-refractivity contribution in [1.29, 1.82) is 0 Å². The first-order chi connectivity index (χ1) is 12.4. The molecular weight excluding hydrogens is 397 g/mol. The van der Waals surface area contributed by atoms with Gasteiger partial charge in [0, 0.05) is 23.2 Å². The van der Waals surface area contributed by atoms with Crippen molar-refractivity contribution in [1.82, 2.24) is 4.90 Å². The molecule has 26 heavy (non-hydrogen) atoms. The highest BCUT2D eigenvalue weighted by Gasteiger charge is 2.38. The van der Waals surface area contributed by atoms with Crippen LogP contribution in [0.5, 0.6) is 5.75 Å². The second kappa shape index (κ2) is 8.36. The van der Waals surface area contributed by atoms with Gasteiger partial charge in [0.1, 0.15) is 5.75 Å². The fourth-order valence-electron chi connectivity index (χ4n) is 3.86. The zero-order valence-corrected chi connectivity index (χ0v) is 16.8. The van der Waals surface area contributed by atoms with Gasteiger partial charge in [-0.15, -0.1) is 0 Å². The fourth-order valence-corrected chi connectivity index (χ4v) is 5.91. The Hall–Kier alpha value is -0.980. The maximum Gasteiger partial charge on any atom is 0.261 e. The molecule has 1 atom stereocenters. The molecule has 1 heterocycles. The van der Waals surface area contributed by atoms with E-state index in [4.69, 9.17) is 27.9 Å². The number of nitrogens with zero attached hydrogens (tertiary/aromatic N) is 1. The molecule has 1 amide bonds. The van der Waals surface area contributed by atoms with Crippen LogP contribution in [0.1, 0.15) is 38.5 Å². The summed E-state index contributed by atoms with van der Waals surface area (Å²) in [5, 5.41) is 0.859. The lowest BCUT2D eigenvalue weighted by atomic mass is 9.93. The average Bonchev–Trinajstić information content (AvgIpc) is 2.96. The number of ether oxygens (including phenoxy) is 1. The van der Waals surface area contributed by atoms with Crippen molar-refractivity contribution >= 4 is 38.9 Å². The van der Waals surface area contributed by atoms with Crippen LogP contribution >= 0.6 is 23.2 Å². The summed E-state index contributed by atoms with van der Waals surface area (Å²) >= 11 is 12.0. The SMILES string of the molecule is O=C(COc1cc(Cl)ccc1Cl)N(C1CCCCC1)C1CCS(=O)(=O)C1. The molecule has 3 rings (SSSR count). The van der Waals surface area contributed by atoms with Gasteiger partial charge < -0.3 is 9.64 Å². The van der Waals surface area contributed by atoms with Gasteiger partial charge in [0.2, 0.25) is 0 Å². The van der Waals surface area contributed by atoms with Crippen molar-refractivity contribution in [2.45, 2.75) is 50.6 Å². The monoisotopic (exact) mass is 419 g/mol. The summed E-state index contributed by atoms with van der Waals surface area (Å²) in [6.07, 6.45) is 5.63. The minimum Gasteiger partial charge on any atom is -0.482 e. The second-order valence-corrected chi connectivity index (χ2v) is 10.1. The molecule has 1 unspecified atom stereocenters. The van der Waals surface area contributed by atoms with E-state index in [1.807, 2.05) is 0 Å². The summed E-state index contributed by atoms with van der Waals surface area (Å²) in [4.78, 5) is 14.7. The summed E-state index contributed by atoms with van der Waals surface area (Å²) in [7, 11) is -3.07. The number of rotatable bonds is 5. The van der Waals surface area contributed by atoms with Gasteiger partial charge in [-0.2, -0.15) is 0 Å². The fraction of sp³-hybridized carbons (Fsp3) is 0.611. The predicted octanol–water partition coefficient (Wildman–Crippen LogP) is 3.72. The standard InChI is InChI=1S/C18H23Cl2NO4S/c19-13-6-7-16(20)17(10-13)25-11-18(22)21(14-4-2-1-3-5-14)15-8-9-26(23,24)12-15/h6-7,10,14-15H,1-5,8-9,11-12H2. The van der Waals surface area contributed by atoms with Gasteiger partial charge in [0.05, 0.1) is 16.5 Å². The highest BCUT2D eigenvalue weighted by atomic mass is 35.5. The van der Waals surface area contributed by atoms with E-state index in [1.54, 1.807) is 23.1 Å². The number of amides is 1. The third-order valence-electron chi connectivity index (χ3n) is 5.10. The second-order valence-electron chi connectivity index (χ2n) is 7.01. The lowest BCUT2D eigenvalue weighted by Gasteiger charge is -2.38. The molecule has 0 radical (unpaired) electrons. The van der Waals surface area contributed by atoms with E-state index in [0.717, 1.165) is 32.1 Å². The third kappa shape index (κ3) is 4.84. The van der Waals surface area contributed by atoms with Crippen molar-refractivity contribution in [2.75, 3.05) is 18.1 Å². The van der Waals surface area contributed by atoms with Crippen LogP contribution in [0.4, 0.5) is 0 Å². The van der Waals surface area contributed by atoms with Crippen molar-refractivity contribution in [3.63, 3.8) is 0 Å². The summed E-state index contributed by atoms with van der Waals surface area (Å²) in [6.45, 7) is -0.174. The minimum atomic E-state index is -3.07. The molecule has 2 aliphatic rings. The van der Waals surface area contributed by atoms with Gasteiger partial charge in [-0.05, 0) is 31.4 Å². The molecule has 1 aliphatic heterocycles. The number of hydrogen-bond acceptors (Lipinski definition) is 4. The Morgan fingerprint density at radius 3 is 2.50 bits per heavy atom. The summed E-state index contributed by atoms with van der Waals surface area (Å²) in [5.41, 5.74) is 0. The van der Waals surface area contributed by atoms with E-state index in [9.17, 15) is 13.2 Å². The number of sulfone groups is 1. The van der Waals surface area contributed by atoms with Gasteiger partial charge >= 0.3 is 0 Å². The van der Waals surface area contributed by atoms with Gasteiger partial charge in [-0.3, -0.25) is 4.79 Å². The molecule has 1 aromatic rings. The molecule has 0 aromatic heterocycles. The molecule has 0 spiro atoms. The topological polar surface area (TPSA) is 63.7 Å². The first kappa shape index (κ1) is 19.8. The molecule has 1 aliphatic carbocycles. The van der Waals surface area contributed by atoms with Crippen LogP contribution in [-0.2, 0) is 14.6 Å². The first-order valence-corrected chi connectivity index (χ1v) is 11.5. The highest BCUT2D eigenvalue weighted by molar-refractivity contribution is 7.91. The van der Waals surface area contributed by atoms with E-state index in [2.05, 4.69) is 0 Å². The maximum absolute atomic E-state index is 12.9. The summed E-state index contributed by atoms with van der Waals surface area (Å²) < 4.78 is 29.4. The molecule has 0 bridgehead atoms. The van der Waals surface area contributed by atoms with E-state index < -0.39 is 9.84 Å². The van der Waals surface area contributed by atoms with Crippen LogP contribution in [-0.4, -0.2) is 49.4 Å². The van der Waals surface area contributed by atoms with Gasteiger partial charge in [-0.1, -0.05) is 42.5 Å². The predicted molar refractivity (Wildman–Crippen MR) is 103 cm³/mol. The van der Waals surface area contributed by atoms with E-state index in [0.29, 0.717) is 22.2 Å². The van der Waals surface area contributed by atoms with Crippen LogP contribution in [0.25, 0.3) is 0 Å². The lowest BCUT2D eigenvalue weighted by molar-refractivity contribution is -0.138. The summed E-state index contributed by atoms with van der Waals surface area (Å²) in [5.74, 6) is 0.368. The number of carbonyl (C=O) groups is 1. The van der Waals surface area contributed by atoms with Crippen LogP contribution in [0.15, 0.2) is 18.2 Å². The largest absolute Gasteiger partial charge is 0.482 e. The van der Waals surface area contributed by atoms with Gasteiger partial charge in [0.15, 0.2) is 16.4 Å². The Morgan fingerprint density at radius 2 is 1.85 bits per heavy atom. The molecular formula is C18H23Cl2NO4S. The number of halogens is 2.